The van der Waals surface area contributed by atoms with Crippen molar-refractivity contribution in [2.45, 2.75) is 63.3 Å². The summed E-state index contributed by atoms with van der Waals surface area (Å²) in [4.78, 5) is 24.1. The first-order valence-corrected chi connectivity index (χ1v) is 11.0. The third kappa shape index (κ3) is 4.31. The van der Waals surface area contributed by atoms with Gasteiger partial charge in [0.05, 0.1) is 11.3 Å². The van der Waals surface area contributed by atoms with Crippen LogP contribution in [-0.2, 0) is 4.79 Å². The number of hydrogen-bond donors (Lipinski definition) is 0. The Balaban J connectivity index is 1.73. The number of thiazole rings is 1. The highest BCUT2D eigenvalue weighted by Gasteiger charge is 2.32. The van der Waals surface area contributed by atoms with Gasteiger partial charge in [0.15, 0.2) is 5.13 Å². The van der Waals surface area contributed by atoms with Gasteiger partial charge in [0.25, 0.3) is 0 Å². The molecule has 0 spiro atoms. The average Bonchev–Trinajstić information content (AvgIpc) is 3.21. The molecule has 2 aliphatic rings. The van der Waals surface area contributed by atoms with Crippen LogP contribution < -0.4 is 4.90 Å². The van der Waals surface area contributed by atoms with Crippen LogP contribution in [0.1, 0.15) is 46.0 Å². The lowest BCUT2D eigenvalue weighted by molar-refractivity contribution is -0.118. The lowest BCUT2D eigenvalue weighted by Gasteiger charge is -2.34. The van der Waals surface area contributed by atoms with Crippen LogP contribution in [0, 0.1) is 0 Å². The number of aromatic nitrogens is 1. The standard InChI is InChI=1S/C16H23N3OS3/c1-11-10-22-16(18-11)23-12(2)14(20)19(15-17-8-9-21-15)13-6-4-3-5-7-13/h8-9,11-13H,3-7,10H2,1-2H3/t11-,12-/m0/s1. The van der Waals surface area contributed by atoms with E-state index in [0.717, 1.165) is 28.1 Å². The number of anilines is 1. The molecule has 0 saturated heterocycles. The van der Waals surface area contributed by atoms with E-state index in [2.05, 4.69) is 16.9 Å². The van der Waals surface area contributed by atoms with Gasteiger partial charge in [-0.1, -0.05) is 42.8 Å². The maximum Gasteiger partial charge on any atom is 0.242 e. The molecule has 2 atom stereocenters. The fourth-order valence-corrected chi connectivity index (χ4v) is 6.11. The summed E-state index contributed by atoms with van der Waals surface area (Å²) in [6, 6.07) is 0.681. The molecule has 0 aromatic carbocycles. The van der Waals surface area contributed by atoms with Crippen LogP contribution in [0.5, 0.6) is 0 Å². The number of hydrogen-bond acceptors (Lipinski definition) is 6. The Morgan fingerprint density at radius 2 is 2.17 bits per heavy atom. The summed E-state index contributed by atoms with van der Waals surface area (Å²) in [5, 5.41) is 2.69. The van der Waals surface area contributed by atoms with E-state index in [0.29, 0.717) is 12.1 Å². The minimum absolute atomic E-state index is 0.114. The molecule has 23 heavy (non-hydrogen) atoms. The summed E-state index contributed by atoms with van der Waals surface area (Å²) >= 11 is 4.94. The number of nitrogens with zero attached hydrogens (tertiary/aromatic N) is 3. The highest BCUT2D eigenvalue weighted by molar-refractivity contribution is 8.39. The van der Waals surface area contributed by atoms with Crippen molar-refractivity contribution in [3.8, 4) is 0 Å². The smallest absolute Gasteiger partial charge is 0.242 e. The van der Waals surface area contributed by atoms with E-state index in [4.69, 9.17) is 0 Å². The molecule has 1 amide bonds. The molecule has 1 fully saturated rings. The molecule has 0 unspecified atom stereocenters. The third-order valence-electron chi connectivity index (χ3n) is 4.20. The van der Waals surface area contributed by atoms with Gasteiger partial charge in [-0.3, -0.25) is 14.7 Å². The molecule has 0 bridgehead atoms. The summed E-state index contributed by atoms with van der Waals surface area (Å²) < 4.78 is 1.06. The molecule has 0 N–H and O–H groups in total. The molecule has 1 aromatic heterocycles. The van der Waals surface area contributed by atoms with Crippen LogP contribution in [0.2, 0.25) is 0 Å². The zero-order valence-electron chi connectivity index (χ0n) is 13.6. The van der Waals surface area contributed by atoms with E-state index in [1.54, 1.807) is 41.1 Å². The second-order valence-electron chi connectivity index (χ2n) is 6.13. The van der Waals surface area contributed by atoms with Crippen molar-refractivity contribution >= 4 is 50.3 Å². The third-order valence-corrected chi connectivity index (χ3v) is 7.48. The Kier molecular flexibility index (Phi) is 6.04. The molecule has 1 aliphatic carbocycles. The van der Waals surface area contributed by atoms with Crippen LogP contribution in [0.15, 0.2) is 16.6 Å². The molecule has 7 heteroatoms. The second-order valence-corrected chi connectivity index (χ2v) is 9.60. The molecule has 126 valence electrons. The van der Waals surface area contributed by atoms with Gasteiger partial charge in [0.1, 0.15) is 4.38 Å². The fourth-order valence-electron chi connectivity index (χ4n) is 3.01. The van der Waals surface area contributed by atoms with Crippen molar-refractivity contribution < 1.29 is 4.79 Å². The van der Waals surface area contributed by atoms with Gasteiger partial charge in [-0.2, -0.15) is 0 Å². The number of amides is 1. The highest BCUT2D eigenvalue weighted by atomic mass is 32.2. The molecule has 3 rings (SSSR count). The van der Waals surface area contributed by atoms with Gasteiger partial charge in [0, 0.05) is 23.4 Å². The summed E-state index contributed by atoms with van der Waals surface area (Å²) in [7, 11) is 0. The summed E-state index contributed by atoms with van der Waals surface area (Å²) in [6.45, 7) is 4.12. The SMILES string of the molecule is C[C@H](SC1=N[C@@H](C)CS1)C(=O)N(c1nccs1)C1CCCCC1. The van der Waals surface area contributed by atoms with Crippen molar-refractivity contribution in [3.05, 3.63) is 11.6 Å². The van der Waals surface area contributed by atoms with Crippen molar-refractivity contribution in [1.29, 1.82) is 0 Å². The molecule has 1 saturated carbocycles. The van der Waals surface area contributed by atoms with Gasteiger partial charge < -0.3 is 0 Å². The monoisotopic (exact) mass is 369 g/mol. The second kappa shape index (κ2) is 8.03. The summed E-state index contributed by atoms with van der Waals surface area (Å²) in [5.74, 6) is 1.21. The van der Waals surface area contributed by atoms with Gasteiger partial charge in [-0.25, -0.2) is 4.98 Å². The normalized spacial score (nSPS) is 23.6. The highest BCUT2D eigenvalue weighted by Crippen LogP contribution is 2.33. The largest absolute Gasteiger partial charge is 0.284 e. The summed E-state index contributed by atoms with van der Waals surface area (Å²) in [6.07, 6.45) is 7.68. The van der Waals surface area contributed by atoms with E-state index in [1.165, 1.54) is 19.3 Å². The first-order valence-electron chi connectivity index (χ1n) is 8.25. The van der Waals surface area contributed by atoms with Crippen molar-refractivity contribution in [2.24, 2.45) is 4.99 Å². The molecular weight excluding hydrogens is 346 g/mol. The van der Waals surface area contributed by atoms with Gasteiger partial charge >= 0.3 is 0 Å². The van der Waals surface area contributed by atoms with Gasteiger partial charge in [-0.05, 0) is 26.7 Å². The first kappa shape index (κ1) is 17.3. The minimum atomic E-state index is -0.114. The number of thioether (sulfide) groups is 2. The molecule has 4 nitrogen and oxygen atoms in total. The minimum Gasteiger partial charge on any atom is -0.284 e. The maximum absolute atomic E-state index is 13.1. The topological polar surface area (TPSA) is 45.6 Å². The zero-order valence-corrected chi connectivity index (χ0v) is 16.1. The van der Waals surface area contributed by atoms with Gasteiger partial charge in [-0.15, -0.1) is 11.3 Å². The van der Waals surface area contributed by atoms with Crippen molar-refractivity contribution in [1.82, 2.24) is 4.98 Å². The molecule has 2 heterocycles. The van der Waals surface area contributed by atoms with E-state index < -0.39 is 0 Å². The lowest BCUT2D eigenvalue weighted by Crippen LogP contribution is -2.45. The maximum atomic E-state index is 13.1. The van der Waals surface area contributed by atoms with E-state index in [1.807, 2.05) is 17.2 Å². The van der Waals surface area contributed by atoms with Crippen LogP contribution in [0.25, 0.3) is 0 Å². The Morgan fingerprint density at radius 1 is 1.39 bits per heavy atom. The number of carbonyl (C=O) groups is 1. The van der Waals surface area contributed by atoms with E-state index in [-0.39, 0.29) is 11.2 Å². The summed E-state index contributed by atoms with van der Waals surface area (Å²) in [5.41, 5.74) is 0. The predicted octanol–water partition coefficient (Wildman–Crippen LogP) is 4.42. The molecular formula is C16H23N3OS3. The molecule has 1 aromatic rings. The van der Waals surface area contributed by atoms with Crippen LogP contribution in [0.3, 0.4) is 0 Å². The van der Waals surface area contributed by atoms with Crippen LogP contribution >= 0.6 is 34.9 Å². The first-order chi connectivity index (χ1) is 11.1. The Bertz CT molecular complexity index is 555. The predicted molar refractivity (Wildman–Crippen MR) is 103 cm³/mol. The van der Waals surface area contributed by atoms with E-state index >= 15 is 0 Å². The Morgan fingerprint density at radius 3 is 2.78 bits per heavy atom. The fraction of sp³-hybridized carbons (Fsp3) is 0.688. The van der Waals surface area contributed by atoms with Crippen molar-refractivity contribution in [2.75, 3.05) is 10.7 Å². The van der Waals surface area contributed by atoms with Crippen LogP contribution in [0.4, 0.5) is 5.13 Å². The zero-order chi connectivity index (χ0) is 16.2. The number of rotatable bonds is 4. The number of carbonyl (C=O) groups excluding carboxylic acids is 1. The van der Waals surface area contributed by atoms with E-state index in [9.17, 15) is 4.79 Å². The molecule has 0 radical (unpaired) electrons. The van der Waals surface area contributed by atoms with Gasteiger partial charge in [0.2, 0.25) is 5.91 Å². The quantitative estimate of drug-likeness (QED) is 0.788. The Labute approximate surface area is 150 Å². The van der Waals surface area contributed by atoms with Crippen LogP contribution in [-0.4, -0.2) is 38.4 Å². The lowest BCUT2D eigenvalue weighted by atomic mass is 9.94. The molecule has 1 aliphatic heterocycles. The average molecular weight is 370 g/mol. The number of aliphatic imine (C=N–C) groups is 1. The Hall–Kier alpha value is -0.530. The van der Waals surface area contributed by atoms with Crippen molar-refractivity contribution in [3.63, 3.8) is 0 Å².